The van der Waals surface area contributed by atoms with Crippen LogP contribution < -0.4 is 5.73 Å². The Kier molecular flexibility index (Phi) is 3.13. The van der Waals surface area contributed by atoms with Gasteiger partial charge in [0.1, 0.15) is 5.40 Å². The van der Waals surface area contributed by atoms with Crippen molar-refractivity contribution in [3.8, 4) is 16.5 Å². The molecule has 0 aliphatic heterocycles. The molecule has 2 aromatic carbocycles. The maximum Gasteiger partial charge on any atom is 0.138 e. The van der Waals surface area contributed by atoms with Gasteiger partial charge in [-0.2, -0.15) is 5.26 Å². The molecule has 0 aliphatic carbocycles. The van der Waals surface area contributed by atoms with Crippen LogP contribution >= 0.6 is 11.8 Å². The molecule has 2 nitrogen and oxygen atoms in total. The summed E-state index contributed by atoms with van der Waals surface area (Å²) >= 11 is 1.09. The maximum absolute atomic E-state index is 8.66. The van der Waals surface area contributed by atoms with Crippen molar-refractivity contribution in [2.75, 3.05) is 5.73 Å². The van der Waals surface area contributed by atoms with E-state index in [-0.39, 0.29) is 0 Å². The molecule has 0 heterocycles. The highest BCUT2D eigenvalue weighted by atomic mass is 32.2. The third-order valence-electron chi connectivity index (χ3n) is 2.28. The molecule has 2 N–H and O–H groups in total. The SMILES string of the molecule is N#CSc1cc(-c2ccccc2)ccc1N. The van der Waals surface area contributed by atoms with Crippen LogP contribution in [0, 0.1) is 10.7 Å². The van der Waals surface area contributed by atoms with Gasteiger partial charge in [0.25, 0.3) is 0 Å². The number of thiocyanates is 1. The molecule has 3 heteroatoms. The third kappa shape index (κ3) is 2.18. The van der Waals surface area contributed by atoms with E-state index in [9.17, 15) is 0 Å². The third-order valence-corrected chi connectivity index (χ3v) is 2.94. The largest absolute Gasteiger partial charge is 0.398 e. The Hall–Kier alpha value is -1.92. The first-order chi connectivity index (χ1) is 7.81. The van der Waals surface area contributed by atoms with Crippen LogP contribution in [-0.2, 0) is 0 Å². The number of rotatable bonds is 2. The van der Waals surface area contributed by atoms with Crippen LogP contribution in [-0.4, -0.2) is 0 Å². The fourth-order valence-electron chi connectivity index (χ4n) is 1.48. The van der Waals surface area contributed by atoms with Crippen LogP contribution in [0.25, 0.3) is 11.1 Å². The number of nitrogen functional groups attached to an aromatic ring is 1. The van der Waals surface area contributed by atoms with E-state index >= 15 is 0 Å². The van der Waals surface area contributed by atoms with E-state index in [0.29, 0.717) is 5.69 Å². The van der Waals surface area contributed by atoms with Gasteiger partial charge in [0.05, 0.1) is 0 Å². The molecule has 0 atom stereocenters. The first kappa shape index (κ1) is 10.6. The van der Waals surface area contributed by atoms with Crippen LogP contribution in [0.1, 0.15) is 0 Å². The van der Waals surface area contributed by atoms with Gasteiger partial charge in [-0.05, 0) is 35.0 Å². The second kappa shape index (κ2) is 4.73. The molecule has 0 aliphatic rings. The number of nitrogens with zero attached hydrogens (tertiary/aromatic N) is 1. The lowest BCUT2D eigenvalue weighted by Crippen LogP contribution is -1.88. The number of nitriles is 1. The van der Waals surface area contributed by atoms with Gasteiger partial charge in [0, 0.05) is 10.6 Å². The lowest BCUT2D eigenvalue weighted by molar-refractivity contribution is 1.46. The summed E-state index contributed by atoms with van der Waals surface area (Å²) in [5, 5.41) is 10.7. The number of nitrogens with two attached hydrogens (primary N) is 1. The molecule has 0 radical (unpaired) electrons. The van der Waals surface area contributed by atoms with Gasteiger partial charge < -0.3 is 5.73 Å². The smallest absolute Gasteiger partial charge is 0.138 e. The standard InChI is InChI=1S/C13H10N2S/c14-9-16-13-8-11(6-7-12(13)15)10-4-2-1-3-5-10/h1-8H,15H2. The average molecular weight is 226 g/mol. The average Bonchev–Trinajstić information content (AvgIpc) is 2.33. The molecule has 0 aromatic heterocycles. The normalized spacial score (nSPS) is 9.69. The van der Waals surface area contributed by atoms with Gasteiger partial charge >= 0.3 is 0 Å². The summed E-state index contributed by atoms with van der Waals surface area (Å²) in [5.41, 5.74) is 8.63. The van der Waals surface area contributed by atoms with Crippen molar-refractivity contribution < 1.29 is 0 Å². The van der Waals surface area contributed by atoms with Crippen LogP contribution in [0.5, 0.6) is 0 Å². The first-order valence-corrected chi connectivity index (χ1v) is 5.64. The zero-order valence-corrected chi connectivity index (χ0v) is 9.37. The molecule has 0 amide bonds. The van der Waals surface area contributed by atoms with Crippen molar-refractivity contribution in [2.24, 2.45) is 0 Å². The molecule has 0 saturated carbocycles. The van der Waals surface area contributed by atoms with Crippen molar-refractivity contribution in [1.29, 1.82) is 5.26 Å². The summed E-state index contributed by atoms with van der Waals surface area (Å²) in [4.78, 5) is 0.809. The summed E-state index contributed by atoms with van der Waals surface area (Å²) in [6.07, 6.45) is 0. The van der Waals surface area contributed by atoms with Crippen molar-refractivity contribution in [3.05, 3.63) is 48.5 Å². The number of hydrogen-bond donors (Lipinski definition) is 1. The van der Waals surface area contributed by atoms with Gasteiger partial charge in [0.15, 0.2) is 0 Å². The van der Waals surface area contributed by atoms with Crippen molar-refractivity contribution in [2.45, 2.75) is 4.90 Å². The summed E-state index contributed by atoms with van der Waals surface area (Å²) < 4.78 is 0. The highest BCUT2D eigenvalue weighted by molar-refractivity contribution is 8.03. The molecule has 0 fully saturated rings. The zero-order valence-electron chi connectivity index (χ0n) is 8.55. The van der Waals surface area contributed by atoms with Crippen molar-refractivity contribution in [3.63, 3.8) is 0 Å². The van der Waals surface area contributed by atoms with Crippen molar-refractivity contribution >= 4 is 17.4 Å². The van der Waals surface area contributed by atoms with Crippen LogP contribution in [0.2, 0.25) is 0 Å². The van der Waals surface area contributed by atoms with Gasteiger partial charge in [-0.15, -0.1) is 0 Å². The Morgan fingerprint density at radius 3 is 2.44 bits per heavy atom. The maximum atomic E-state index is 8.66. The van der Waals surface area contributed by atoms with E-state index in [1.54, 1.807) is 0 Å². The monoisotopic (exact) mass is 226 g/mol. The summed E-state index contributed by atoms with van der Waals surface area (Å²) in [6, 6.07) is 15.8. The number of benzene rings is 2. The highest BCUT2D eigenvalue weighted by Gasteiger charge is 2.03. The lowest BCUT2D eigenvalue weighted by Gasteiger charge is -2.05. The molecule has 16 heavy (non-hydrogen) atoms. The Balaban J connectivity index is 2.45. The van der Waals surface area contributed by atoms with Gasteiger partial charge in [-0.25, -0.2) is 0 Å². The molecule has 2 aromatic rings. The quantitative estimate of drug-likeness (QED) is 0.484. The van der Waals surface area contributed by atoms with Crippen LogP contribution in [0.3, 0.4) is 0 Å². The molecule has 0 bridgehead atoms. The fraction of sp³-hybridized carbons (Fsp3) is 0. The van der Waals surface area contributed by atoms with Gasteiger partial charge in [0.2, 0.25) is 0 Å². The molecule has 78 valence electrons. The predicted octanol–water partition coefficient (Wildman–Crippen LogP) is 3.51. The Morgan fingerprint density at radius 1 is 1.00 bits per heavy atom. The van der Waals surface area contributed by atoms with Crippen molar-refractivity contribution in [1.82, 2.24) is 0 Å². The second-order valence-corrected chi connectivity index (χ2v) is 4.14. The summed E-state index contributed by atoms with van der Waals surface area (Å²) in [7, 11) is 0. The predicted molar refractivity (Wildman–Crippen MR) is 67.8 cm³/mol. The molecular weight excluding hydrogens is 216 g/mol. The molecule has 2 rings (SSSR count). The Bertz CT molecular complexity index is 529. The second-order valence-electron chi connectivity index (χ2n) is 3.31. The Morgan fingerprint density at radius 2 is 1.75 bits per heavy atom. The summed E-state index contributed by atoms with van der Waals surface area (Å²) in [6.45, 7) is 0. The number of anilines is 1. The van der Waals surface area contributed by atoms with Gasteiger partial charge in [-0.3, -0.25) is 0 Å². The molecule has 0 saturated heterocycles. The number of hydrogen-bond acceptors (Lipinski definition) is 3. The molecular formula is C13H10N2S. The fourth-order valence-corrected chi connectivity index (χ4v) is 1.95. The first-order valence-electron chi connectivity index (χ1n) is 4.82. The van der Waals surface area contributed by atoms with Crippen LogP contribution in [0.4, 0.5) is 5.69 Å². The summed E-state index contributed by atoms with van der Waals surface area (Å²) in [5.74, 6) is 0. The minimum atomic E-state index is 0.645. The van der Waals surface area contributed by atoms with E-state index in [4.69, 9.17) is 11.0 Å². The Labute approximate surface area is 98.7 Å². The number of thioether (sulfide) groups is 1. The van der Waals surface area contributed by atoms with E-state index in [1.165, 1.54) is 0 Å². The minimum absolute atomic E-state index is 0.645. The van der Waals surface area contributed by atoms with E-state index < -0.39 is 0 Å². The molecule has 0 unspecified atom stereocenters. The highest BCUT2D eigenvalue weighted by Crippen LogP contribution is 2.29. The minimum Gasteiger partial charge on any atom is -0.398 e. The van der Waals surface area contributed by atoms with E-state index in [1.807, 2.05) is 53.9 Å². The van der Waals surface area contributed by atoms with Gasteiger partial charge in [-0.1, -0.05) is 36.4 Å². The van der Waals surface area contributed by atoms with Crippen LogP contribution in [0.15, 0.2) is 53.4 Å². The molecule has 0 spiro atoms. The van der Waals surface area contributed by atoms with E-state index in [0.717, 1.165) is 27.8 Å². The zero-order chi connectivity index (χ0) is 11.4. The topological polar surface area (TPSA) is 49.8 Å². The lowest BCUT2D eigenvalue weighted by atomic mass is 10.1. The van der Waals surface area contributed by atoms with E-state index in [2.05, 4.69) is 0 Å².